The summed E-state index contributed by atoms with van der Waals surface area (Å²) in [6.45, 7) is 6.97. The lowest BCUT2D eigenvalue weighted by atomic mass is 10.0. The molecule has 1 aliphatic heterocycles. The summed E-state index contributed by atoms with van der Waals surface area (Å²) in [6.07, 6.45) is 7.85. The van der Waals surface area contributed by atoms with Crippen molar-refractivity contribution in [2.45, 2.75) is 40.2 Å². The van der Waals surface area contributed by atoms with Crippen LogP contribution in [0.4, 0.5) is 11.5 Å². The van der Waals surface area contributed by atoms with E-state index < -0.39 is 0 Å². The van der Waals surface area contributed by atoms with Crippen LogP contribution >= 0.6 is 0 Å². The third-order valence-corrected chi connectivity index (χ3v) is 5.76. The van der Waals surface area contributed by atoms with Crippen molar-refractivity contribution in [2.24, 2.45) is 5.92 Å². The first-order valence-electron chi connectivity index (χ1n) is 10.2. The monoisotopic (exact) mass is 400 g/mol. The number of aryl methyl sites for hydroxylation is 2. The number of allylic oxidation sites excluding steroid dienone is 1. The summed E-state index contributed by atoms with van der Waals surface area (Å²) >= 11 is 0. The van der Waals surface area contributed by atoms with E-state index in [1.165, 1.54) is 12.8 Å². The highest BCUT2D eigenvalue weighted by Crippen LogP contribution is 2.36. The molecule has 0 radical (unpaired) electrons. The molecule has 0 atom stereocenters. The van der Waals surface area contributed by atoms with Gasteiger partial charge in [0.1, 0.15) is 0 Å². The first-order chi connectivity index (χ1) is 14.5. The number of anilines is 2. The lowest BCUT2D eigenvalue weighted by Gasteiger charge is -2.09. The van der Waals surface area contributed by atoms with Crippen molar-refractivity contribution in [1.29, 1.82) is 0 Å². The van der Waals surface area contributed by atoms with Gasteiger partial charge in [-0.1, -0.05) is 0 Å². The van der Waals surface area contributed by atoms with Crippen LogP contribution in [0.15, 0.2) is 42.5 Å². The van der Waals surface area contributed by atoms with Gasteiger partial charge in [0.15, 0.2) is 5.82 Å². The third kappa shape index (κ3) is 3.36. The van der Waals surface area contributed by atoms with E-state index in [1.807, 2.05) is 36.7 Å². The standard InChI is InChI=1S/C23H24N6O/c1-13-6-7-24-10-18(13)19-9-17-20(11-25-19)27-23(30)22(17)15(3)26-21-8-14(2)29(28-21)12-16-4-5-16/h6-11,16H,4-5,12H2,1-3H3,(H,26,28)(H,27,30)/b22-15-. The van der Waals surface area contributed by atoms with Crippen molar-refractivity contribution in [3.63, 3.8) is 0 Å². The molecule has 0 unspecified atom stereocenters. The summed E-state index contributed by atoms with van der Waals surface area (Å²) in [5.41, 5.74) is 6.91. The van der Waals surface area contributed by atoms with Gasteiger partial charge in [-0.15, -0.1) is 0 Å². The second-order valence-electron chi connectivity index (χ2n) is 8.18. The van der Waals surface area contributed by atoms with Crippen LogP contribution in [0.25, 0.3) is 16.8 Å². The molecule has 0 bridgehead atoms. The number of hydrogen-bond acceptors (Lipinski definition) is 5. The lowest BCUT2D eigenvalue weighted by Crippen LogP contribution is -2.09. The maximum atomic E-state index is 12.7. The quantitative estimate of drug-likeness (QED) is 0.628. The van der Waals surface area contributed by atoms with E-state index in [4.69, 9.17) is 0 Å². The summed E-state index contributed by atoms with van der Waals surface area (Å²) < 4.78 is 2.05. The van der Waals surface area contributed by atoms with Gasteiger partial charge in [0.25, 0.3) is 5.91 Å². The molecule has 5 rings (SSSR count). The molecule has 1 saturated carbocycles. The van der Waals surface area contributed by atoms with Gasteiger partial charge in [0, 0.05) is 47.5 Å². The molecule has 1 aliphatic carbocycles. The summed E-state index contributed by atoms with van der Waals surface area (Å²) in [7, 11) is 0. The van der Waals surface area contributed by atoms with E-state index in [2.05, 4.69) is 32.6 Å². The maximum absolute atomic E-state index is 12.7. The molecule has 2 N–H and O–H groups in total. The Kier molecular flexibility index (Phi) is 4.38. The molecular formula is C23H24N6O. The number of fused-ring (bicyclic) bond motifs is 1. The molecular weight excluding hydrogens is 376 g/mol. The van der Waals surface area contributed by atoms with Crippen molar-refractivity contribution < 1.29 is 4.79 Å². The molecule has 30 heavy (non-hydrogen) atoms. The first kappa shape index (κ1) is 18.5. The fourth-order valence-electron chi connectivity index (χ4n) is 3.88. The molecule has 4 heterocycles. The predicted octanol–water partition coefficient (Wildman–Crippen LogP) is 4.16. The van der Waals surface area contributed by atoms with E-state index in [0.29, 0.717) is 5.57 Å². The Balaban J connectivity index is 1.49. The van der Waals surface area contributed by atoms with E-state index in [0.717, 1.165) is 57.7 Å². The Morgan fingerprint density at radius 2 is 2.07 bits per heavy atom. The van der Waals surface area contributed by atoms with Crippen LogP contribution in [0, 0.1) is 19.8 Å². The number of hydrogen-bond donors (Lipinski definition) is 2. The summed E-state index contributed by atoms with van der Waals surface area (Å²) in [6, 6.07) is 5.93. The number of pyridine rings is 2. The third-order valence-electron chi connectivity index (χ3n) is 5.76. The zero-order chi connectivity index (χ0) is 20.8. The Hall–Kier alpha value is -3.48. The minimum absolute atomic E-state index is 0.133. The number of nitrogens with zero attached hydrogens (tertiary/aromatic N) is 4. The number of amides is 1. The fourth-order valence-corrected chi connectivity index (χ4v) is 3.88. The molecule has 0 saturated heterocycles. The zero-order valence-electron chi connectivity index (χ0n) is 17.4. The van der Waals surface area contributed by atoms with Gasteiger partial charge in [-0.05, 0) is 57.2 Å². The highest BCUT2D eigenvalue weighted by Gasteiger charge is 2.28. The molecule has 0 aromatic carbocycles. The molecule has 1 amide bonds. The Morgan fingerprint density at radius 1 is 1.23 bits per heavy atom. The molecule has 152 valence electrons. The number of nitrogens with one attached hydrogen (secondary N) is 2. The van der Waals surface area contributed by atoms with Gasteiger partial charge in [0.2, 0.25) is 0 Å². The van der Waals surface area contributed by atoms with Crippen LogP contribution < -0.4 is 10.6 Å². The van der Waals surface area contributed by atoms with Crippen LogP contribution in [-0.4, -0.2) is 25.7 Å². The second kappa shape index (κ2) is 7.09. The maximum Gasteiger partial charge on any atom is 0.258 e. The predicted molar refractivity (Wildman–Crippen MR) is 117 cm³/mol. The minimum Gasteiger partial charge on any atom is -0.342 e. The van der Waals surface area contributed by atoms with Crippen LogP contribution in [0.3, 0.4) is 0 Å². The van der Waals surface area contributed by atoms with Crippen LogP contribution in [-0.2, 0) is 11.3 Å². The number of rotatable bonds is 5. The van der Waals surface area contributed by atoms with Gasteiger partial charge in [0.05, 0.1) is 23.2 Å². The van der Waals surface area contributed by atoms with E-state index in [1.54, 1.807) is 18.6 Å². The average molecular weight is 400 g/mol. The molecule has 1 fully saturated rings. The minimum atomic E-state index is -0.133. The van der Waals surface area contributed by atoms with Gasteiger partial charge >= 0.3 is 0 Å². The van der Waals surface area contributed by atoms with Gasteiger partial charge in [-0.3, -0.25) is 19.4 Å². The normalized spacial score (nSPS) is 17.0. The highest BCUT2D eigenvalue weighted by molar-refractivity contribution is 6.32. The molecule has 7 heteroatoms. The van der Waals surface area contributed by atoms with Gasteiger partial charge < -0.3 is 10.6 Å². The number of aromatic nitrogens is 4. The second-order valence-corrected chi connectivity index (χ2v) is 8.18. The first-order valence-corrected chi connectivity index (χ1v) is 10.2. The Bertz CT molecular complexity index is 1190. The highest BCUT2D eigenvalue weighted by atomic mass is 16.2. The van der Waals surface area contributed by atoms with Crippen LogP contribution in [0.5, 0.6) is 0 Å². The average Bonchev–Trinajstić information content (AvgIpc) is 3.37. The molecule has 3 aromatic heterocycles. The Morgan fingerprint density at radius 3 is 2.83 bits per heavy atom. The van der Waals surface area contributed by atoms with Crippen LogP contribution in [0.2, 0.25) is 0 Å². The van der Waals surface area contributed by atoms with Crippen molar-refractivity contribution >= 4 is 23.0 Å². The number of carbonyl (C=O) groups is 1. The van der Waals surface area contributed by atoms with Crippen molar-refractivity contribution in [1.82, 2.24) is 19.7 Å². The van der Waals surface area contributed by atoms with Crippen molar-refractivity contribution in [3.8, 4) is 11.3 Å². The zero-order valence-corrected chi connectivity index (χ0v) is 17.4. The Labute approximate surface area is 175 Å². The molecule has 0 spiro atoms. The molecule has 7 nitrogen and oxygen atoms in total. The lowest BCUT2D eigenvalue weighted by molar-refractivity contribution is -0.110. The van der Waals surface area contributed by atoms with Crippen molar-refractivity contribution in [2.75, 3.05) is 10.6 Å². The summed E-state index contributed by atoms with van der Waals surface area (Å²) in [4.78, 5) is 21.5. The summed E-state index contributed by atoms with van der Waals surface area (Å²) in [5.74, 6) is 1.38. The summed E-state index contributed by atoms with van der Waals surface area (Å²) in [5, 5.41) is 10.9. The van der Waals surface area contributed by atoms with Crippen molar-refractivity contribution in [3.05, 3.63) is 59.3 Å². The van der Waals surface area contributed by atoms with E-state index in [-0.39, 0.29) is 5.91 Å². The molecule has 2 aliphatic rings. The molecule has 3 aromatic rings. The van der Waals surface area contributed by atoms with Crippen LogP contribution in [0.1, 0.15) is 36.6 Å². The van der Waals surface area contributed by atoms with Gasteiger partial charge in [-0.25, -0.2) is 0 Å². The van der Waals surface area contributed by atoms with Gasteiger partial charge in [-0.2, -0.15) is 5.10 Å². The topological polar surface area (TPSA) is 84.7 Å². The fraction of sp³-hybridized carbons (Fsp3) is 0.304. The number of carbonyl (C=O) groups excluding carboxylic acids is 1. The van der Waals surface area contributed by atoms with E-state index >= 15 is 0 Å². The largest absolute Gasteiger partial charge is 0.342 e. The smallest absolute Gasteiger partial charge is 0.258 e. The SMILES string of the molecule is C/C(Nc1cc(C)n(CC2CC2)n1)=C1/C(=O)Nc2cnc(-c3cnccc3C)cc21. The van der Waals surface area contributed by atoms with E-state index in [9.17, 15) is 4.79 Å².